The zero-order valence-corrected chi connectivity index (χ0v) is 5.39. The van der Waals surface area contributed by atoms with Gasteiger partial charge < -0.3 is 10.6 Å². The lowest BCUT2D eigenvalue weighted by molar-refractivity contribution is 0.299. The maximum Gasteiger partial charge on any atom is 0.313 e. The molecule has 0 atom stereocenters. The molecule has 48 valence electrons. The highest BCUT2D eigenvalue weighted by Crippen LogP contribution is 2.19. The van der Waals surface area contributed by atoms with Crippen LogP contribution in [0, 0.1) is 0 Å². The molecule has 0 aliphatic carbocycles. The van der Waals surface area contributed by atoms with Crippen molar-refractivity contribution in [2.24, 2.45) is 9.98 Å². The van der Waals surface area contributed by atoms with Gasteiger partial charge in [-0.15, -0.1) is 0 Å². The van der Waals surface area contributed by atoms with E-state index < -0.39 is 5.91 Å². The minimum Gasteiger partial charge on any atom is -0.313 e. The second-order valence-electron chi connectivity index (χ2n) is 2.32. The molecule has 1 spiro atoms. The Labute approximate surface area is 53.1 Å². The van der Waals surface area contributed by atoms with Gasteiger partial charge in [0.2, 0.25) is 0 Å². The van der Waals surface area contributed by atoms with Gasteiger partial charge >= 0.3 is 5.91 Å². The van der Waals surface area contributed by atoms with E-state index in [0.717, 1.165) is 11.7 Å². The molecule has 2 N–H and O–H groups in total. The Hall–Kier alpha value is -1.06. The Balaban J connectivity index is 2.20. The Morgan fingerprint density at radius 1 is 1.11 bits per heavy atom. The summed E-state index contributed by atoms with van der Waals surface area (Å²) < 4.78 is 0. The minimum atomic E-state index is -0.436. The van der Waals surface area contributed by atoms with Gasteiger partial charge in [-0.05, 0) is 13.8 Å². The van der Waals surface area contributed by atoms with Crippen molar-refractivity contribution < 1.29 is 0 Å². The van der Waals surface area contributed by atoms with Crippen LogP contribution >= 0.6 is 0 Å². The SMILES string of the molecule is CC1=NC2(N=C(C)N2)N1. The van der Waals surface area contributed by atoms with Gasteiger partial charge in [-0.1, -0.05) is 0 Å². The molecule has 4 nitrogen and oxygen atoms in total. The minimum absolute atomic E-state index is 0.436. The Kier molecular flexibility index (Phi) is 0.583. The van der Waals surface area contributed by atoms with Gasteiger partial charge in [-0.25, -0.2) is 9.98 Å². The number of hydrogen-bond acceptors (Lipinski definition) is 4. The van der Waals surface area contributed by atoms with Gasteiger partial charge in [0.15, 0.2) is 0 Å². The maximum absolute atomic E-state index is 4.12. The number of rotatable bonds is 0. The first-order chi connectivity index (χ1) is 4.20. The average molecular weight is 124 g/mol. The zero-order valence-electron chi connectivity index (χ0n) is 5.39. The molecule has 0 unspecified atom stereocenters. The van der Waals surface area contributed by atoms with Gasteiger partial charge in [0.25, 0.3) is 0 Å². The molecule has 0 aromatic heterocycles. The number of hydrogen-bond donors (Lipinski definition) is 2. The fourth-order valence-corrected chi connectivity index (χ4v) is 1.11. The van der Waals surface area contributed by atoms with Crippen molar-refractivity contribution in [3.63, 3.8) is 0 Å². The summed E-state index contributed by atoms with van der Waals surface area (Å²) in [5.74, 6) is 1.45. The molecule has 2 heterocycles. The molecule has 0 aromatic rings. The predicted octanol–water partition coefficient (Wildman–Crippen LogP) is -0.359. The Bertz CT molecular complexity index is 191. The first-order valence-electron chi connectivity index (χ1n) is 2.89. The first-order valence-corrected chi connectivity index (χ1v) is 2.89. The third-order valence-corrected chi connectivity index (χ3v) is 1.37. The highest BCUT2D eigenvalue weighted by Gasteiger charge is 2.42. The van der Waals surface area contributed by atoms with Crippen molar-refractivity contribution in [3.05, 3.63) is 0 Å². The molecule has 0 bridgehead atoms. The van der Waals surface area contributed by atoms with E-state index in [1.54, 1.807) is 0 Å². The number of nitrogens with zero attached hydrogens (tertiary/aromatic N) is 2. The lowest BCUT2D eigenvalue weighted by atomic mass is 10.3. The van der Waals surface area contributed by atoms with Gasteiger partial charge in [0, 0.05) is 0 Å². The van der Waals surface area contributed by atoms with Crippen LogP contribution < -0.4 is 10.6 Å². The van der Waals surface area contributed by atoms with Crippen LogP contribution in [0.4, 0.5) is 0 Å². The monoisotopic (exact) mass is 124 g/mol. The summed E-state index contributed by atoms with van der Waals surface area (Å²) >= 11 is 0. The van der Waals surface area contributed by atoms with E-state index in [0.29, 0.717) is 0 Å². The van der Waals surface area contributed by atoms with Crippen molar-refractivity contribution in [1.29, 1.82) is 0 Å². The van der Waals surface area contributed by atoms with E-state index in [4.69, 9.17) is 0 Å². The second-order valence-corrected chi connectivity index (χ2v) is 2.32. The van der Waals surface area contributed by atoms with E-state index in [1.807, 2.05) is 13.8 Å². The van der Waals surface area contributed by atoms with Crippen molar-refractivity contribution in [1.82, 2.24) is 10.6 Å². The van der Waals surface area contributed by atoms with Crippen molar-refractivity contribution >= 4 is 11.7 Å². The summed E-state index contributed by atoms with van der Waals surface area (Å²) in [4.78, 5) is 8.23. The molecule has 0 aromatic carbocycles. The van der Waals surface area contributed by atoms with Crippen LogP contribution in [0.5, 0.6) is 0 Å². The van der Waals surface area contributed by atoms with E-state index in [1.165, 1.54) is 0 Å². The first kappa shape index (κ1) is 4.78. The largest absolute Gasteiger partial charge is 0.313 e. The van der Waals surface area contributed by atoms with Crippen molar-refractivity contribution in [2.75, 3.05) is 0 Å². The van der Waals surface area contributed by atoms with E-state index in [-0.39, 0.29) is 0 Å². The molecule has 0 amide bonds. The summed E-state index contributed by atoms with van der Waals surface area (Å²) in [7, 11) is 0. The molecular weight excluding hydrogens is 116 g/mol. The van der Waals surface area contributed by atoms with Gasteiger partial charge in [0.05, 0.1) is 0 Å². The summed E-state index contributed by atoms with van der Waals surface area (Å²) in [6, 6.07) is 0. The van der Waals surface area contributed by atoms with E-state index in [9.17, 15) is 0 Å². The fraction of sp³-hybridized carbons (Fsp3) is 0.600. The lowest BCUT2D eigenvalue weighted by Gasteiger charge is -2.42. The molecule has 0 saturated carbocycles. The van der Waals surface area contributed by atoms with E-state index in [2.05, 4.69) is 20.6 Å². The summed E-state index contributed by atoms with van der Waals surface area (Å²) in [5.41, 5.74) is 0. The third kappa shape index (κ3) is 0.472. The third-order valence-electron chi connectivity index (χ3n) is 1.37. The number of nitrogens with one attached hydrogen (secondary N) is 2. The molecule has 2 aliphatic heterocycles. The number of amidine groups is 2. The highest BCUT2D eigenvalue weighted by molar-refractivity contribution is 5.92. The molecule has 2 aliphatic rings. The standard InChI is InChI=1S/C5H8N4/c1-3-6-5(7-3)8-4(2)9-5/h1-2H3,(H,6,7)(H,8,9). The van der Waals surface area contributed by atoms with Crippen LogP contribution in [0.25, 0.3) is 0 Å². The van der Waals surface area contributed by atoms with Crippen LogP contribution in [0.1, 0.15) is 13.8 Å². The molecular formula is C5H8N4. The fourth-order valence-electron chi connectivity index (χ4n) is 1.11. The molecule has 9 heavy (non-hydrogen) atoms. The molecule has 4 heteroatoms. The highest BCUT2D eigenvalue weighted by atomic mass is 15.6. The predicted molar refractivity (Wildman–Crippen MR) is 35.2 cm³/mol. The number of aliphatic imine (C=N–C) groups is 2. The average Bonchev–Trinajstić information content (AvgIpc) is 1.58. The van der Waals surface area contributed by atoms with Crippen LogP contribution in [-0.2, 0) is 0 Å². The maximum atomic E-state index is 4.12. The normalized spacial score (nSPS) is 26.4. The summed E-state index contributed by atoms with van der Waals surface area (Å²) in [6.45, 7) is 3.83. The molecule has 0 saturated heterocycles. The smallest absolute Gasteiger partial charge is 0.313 e. The quantitative estimate of drug-likeness (QED) is 0.463. The Morgan fingerprint density at radius 2 is 1.44 bits per heavy atom. The zero-order chi connectivity index (χ0) is 6.48. The van der Waals surface area contributed by atoms with Crippen LogP contribution in [0.3, 0.4) is 0 Å². The van der Waals surface area contributed by atoms with Crippen LogP contribution in [0.2, 0.25) is 0 Å². The Morgan fingerprint density at radius 3 is 1.67 bits per heavy atom. The van der Waals surface area contributed by atoms with Crippen LogP contribution in [0.15, 0.2) is 9.98 Å². The van der Waals surface area contributed by atoms with Crippen LogP contribution in [-0.4, -0.2) is 17.6 Å². The molecule has 0 radical (unpaired) electrons. The second kappa shape index (κ2) is 1.10. The van der Waals surface area contributed by atoms with Gasteiger partial charge in [-0.3, -0.25) is 0 Å². The van der Waals surface area contributed by atoms with Crippen molar-refractivity contribution in [2.45, 2.75) is 19.8 Å². The molecule has 2 rings (SSSR count). The van der Waals surface area contributed by atoms with Gasteiger partial charge in [-0.2, -0.15) is 0 Å². The van der Waals surface area contributed by atoms with E-state index >= 15 is 0 Å². The summed E-state index contributed by atoms with van der Waals surface area (Å²) in [5, 5.41) is 6.07. The topological polar surface area (TPSA) is 48.8 Å². The molecule has 0 fully saturated rings. The van der Waals surface area contributed by atoms with Crippen molar-refractivity contribution in [3.8, 4) is 0 Å². The van der Waals surface area contributed by atoms with Gasteiger partial charge in [0.1, 0.15) is 11.7 Å². The lowest BCUT2D eigenvalue weighted by Crippen LogP contribution is -2.70. The summed E-state index contributed by atoms with van der Waals surface area (Å²) in [6.07, 6.45) is 0.